The fourth-order valence-electron chi connectivity index (χ4n) is 3.36. The molecule has 0 fully saturated rings. The fourth-order valence-corrected chi connectivity index (χ4v) is 3.36. The summed E-state index contributed by atoms with van der Waals surface area (Å²) >= 11 is 0. The topological polar surface area (TPSA) is 158 Å². The Bertz CT molecular complexity index is 1340. The van der Waals surface area contributed by atoms with Gasteiger partial charge in [-0.1, -0.05) is 65.0 Å². The van der Waals surface area contributed by atoms with Crippen LogP contribution in [0.3, 0.4) is 0 Å². The minimum absolute atomic E-state index is 0.170. The maximum atomic E-state index is 13.2. The highest BCUT2D eigenvalue weighted by Gasteiger charge is 2.31. The average Bonchev–Trinajstić information content (AvgIpc) is 3.36. The van der Waals surface area contributed by atoms with Gasteiger partial charge in [-0.3, -0.25) is 24.3 Å². The van der Waals surface area contributed by atoms with Gasteiger partial charge < -0.3 is 14.5 Å². The van der Waals surface area contributed by atoms with Crippen molar-refractivity contribution in [2.45, 2.75) is 52.6 Å². The second kappa shape index (κ2) is 11.1. The number of carbonyl (C=O) groups excluding carboxylic acids is 3. The number of Topliss-reactive ketones (excluding diaryl/α,β-unsaturated/α-hetero) is 1. The van der Waals surface area contributed by atoms with Crippen LogP contribution in [-0.4, -0.2) is 50.7 Å². The monoisotopic (exact) mass is 510 g/mol. The Kier molecular flexibility index (Phi) is 8.21. The van der Waals surface area contributed by atoms with Crippen LogP contribution in [0.2, 0.25) is 0 Å². The van der Waals surface area contributed by atoms with Crippen LogP contribution in [0.4, 0.5) is 10.5 Å². The Morgan fingerprint density at radius 3 is 2.35 bits per heavy atom. The van der Waals surface area contributed by atoms with Crippen LogP contribution in [0.1, 0.15) is 51.2 Å². The highest BCUT2D eigenvalue weighted by Crippen LogP contribution is 2.21. The van der Waals surface area contributed by atoms with E-state index >= 15 is 0 Å². The summed E-state index contributed by atoms with van der Waals surface area (Å²) in [5, 5.41) is 12.8. The van der Waals surface area contributed by atoms with Gasteiger partial charge in [0.2, 0.25) is 17.6 Å². The molecule has 196 valence electrons. The zero-order valence-corrected chi connectivity index (χ0v) is 21.6. The normalized spacial score (nSPS) is 12.2. The Labute approximate surface area is 213 Å². The molecule has 1 unspecified atom stereocenters. The second-order valence-corrected chi connectivity index (χ2v) is 9.69. The summed E-state index contributed by atoms with van der Waals surface area (Å²) in [6.07, 6.45) is 0.334. The first-order valence-corrected chi connectivity index (χ1v) is 11.6. The standard InChI is InChI=1S/C25H30N6O6/c1-14(2)18(19(33)21-29-30-23(37-21)25(3,4)5)28-17(32)13-31-20(15-10-8-7-9-11-15)26-12-16(22(31)34)27-24(35)36-6/h7-12,14,18H,13H2,1-6H3,(H,27,35)(H,28,32). The van der Waals surface area contributed by atoms with Crippen molar-refractivity contribution in [2.24, 2.45) is 5.92 Å². The molecule has 3 aromatic rings. The Hall–Kier alpha value is -4.35. The van der Waals surface area contributed by atoms with Crippen LogP contribution in [0.15, 0.2) is 45.7 Å². The third-order valence-electron chi connectivity index (χ3n) is 5.35. The molecule has 0 aliphatic heterocycles. The maximum absolute atomic E-state index is 13.2. The molecule has 0 saturated carbocycles. The number of nitrogens with one attached hydrogen (secondary N) is 2. The van der Waals surface area contributed by atoms with Crippen LogP contribution in [0.25, 0.3) is 11.4 Å². The minimum Gasteiger partial charge on any atom is -0.453 e. The van der Waals surface area contributed by atoms with Crippen LogP contribution in [0.5, 0.6) is 0 Å². The van der Waals surface area contributed by atoms with Crippen LogP contribution >= 0.6 is 0 Å². The molecule has 0 aliphatic rings. The third-order valence-corrected chi connectivity index (χ3v) is 5.35. The van der Waals surface area contributed by atoms with Crippen molar-refractivity contribution >= 4 is 23.5 Å². The number of aromatic nitrogens is 4. The van der Waals surface area contributed by atoms with Crippen molar-refractivity contribution in [1.82, 2.24) is 25.1 Å². The number of amides is 2. The number of methoxy groups -OCH3 is 1. The molecule has 2 aromatic heterocycles. The van der Waals surface area contributed by atoms with Gasteiger partial charge in [-0.2, -0.15) is 0 Å². The summed E-state index contributed by atoms with van der Waals surface area (Å²) in [5.41, 5.74) is -0.716. The van der Waals surface area contributed by atoms with Crippen molar-refractivity contribution in [1.29, 1.82) is 0 Å². The summed E-state index contributed by atoms with van der Waals surface area (Å²) in [7, 11) is 1.16. The average molecular weight is 511 g/mol. The molecule has 0 saturated heterocycles. The van der Waals surface area contributed by atoms with Crippen molar-refractivity contribution in [3.63, 3.8) is 0 Å². The highest BCUT2D eigenvalue weighted by molar-refractivity contribution is 5.98. The number of hydrogen-bond acceptors (Lipinski definition) is 9. The molecule has 1 aromatic carbocycles. The molecule has 0 radical (unpaired) electrons. The Balaban J connectivity index is 1.91. The van der Waals surface area contributed by atoms with Gasteiger partial charge in [-0.15, -0.1) is 10.2 Å². The van der Waals surface area contributed by atoms with Gasteiger partial charge in [-0.05, 0) is 5.92 Å². The van der Waals surface area contributed by atoms with Crippen LogP contribution < -0.4 is 16.2 Å². The highest BCUT2D eigenvalue weighted by atomic mass is 16.5. The summed E-state index contributed by atoms with van der Waals surface area (Å²) < 4.78 is 11.2. The lowest BCUT2D eigenvalue weighted by atomic mass is 9.97. The molecular formula is C25H30N6O6. The summed E-state index contributed by atoms with van der Waals surface area (Å²) in [5.74, 6) is -1.20. The zero-order chi connectivity index (χ0) is 27.3. The van der Waals surface area contributed by atoms with E-state index in [0.29, 0.717) is 11.5 Å². The molecule has 0 spiro atoms. The van der Waals surface area contributed by atoms with Crippen molar-refractivity contribution in [3.05, 3.63) is 58.7 Å². The Morgan fingerprint density at radius 1 is 1.11 bits per heavy atom. The first kappa shape index (κ1) is 27.2. The number of rotatable bonds is 8. The quantitative estimate of drug-likeness (QED) is 0.435. The van der Waals surface area contributed by atoms with E-state index in [1.165, 1.54) is 6.20 Å². The van der Waals surface area contributed by atoms with Crippen molar-refractivity contribution in [2.75, 3.05) is 12.4 Å². The van der Waals surface area contributed by atoms with E-state index < -0.39 is 41.3 Å². The number of benzene rings is 1. The molecule has 0 aliphatic carbocycles. The Morgan fingerprint density at radius 2 is 1.78 bits per heavy atom. The van der Waals surface area contributed by atoms with Gasteiger partial charge in [-0.25, -0.2) is 9.78 Å². The van der Waals surface area contributed by atoms with E-state index in [1.807, 2.05) is 20.8 Å². The van der Waals surface area contributed by atoms with Gasteiger partial charge in [0.15, 0.2) is 0 Å². The van der Waals surface area contributed by atoms with Gasteiger partial charge in [0, 0.05) is 11.0 Å². The van der Waals surface area contributed by atoms with E-state index in [4.69, 9.17) is 4.42 Å². The predicted octanol–water partition coefficient (Wildman–Crippen LogP) is 2.79. The number of ketones is 1. The van der Waals surface area contributed by atoms with Gasteiger partial charge in [0.05, 0.1) is 19.3 Å². The van der Waals surface area contributed by atoms with Gasteiger partial charge >= 0.3 is 6.09 Å². The van der Waals surface area contributed by atoms with E-state index in [0.717, 1.165) is 11.7 Å². The molecule has 2 amide bonds. The summed E-state index contributed by atoms with van der Waals surface area (Å²) in [6.45, 7) is 8.66. The molecule has 2 N–H and O–H groups in total. The lowest BCUT2D eigenvalue weighted by Gasteiger charge is -2.21. The van der Waals surface area contributed by atoms with Crippen LogP contribution in [0, 0.1) is 5.92 Å². The summed E-state index contributed by atoms with van der Waals surface area (Å²) in [6, 6.07) is 7.79. The molecular weight excluding hydrogens is 480 g/mol. The fraction of sp³-hybridized carbons (Fsp3) is 0.400. The largest absolute Gasteiger partial charge is 0.453 e. The van der Waals surface area contributed by atoms with E-state index in [2.05, 4.69) is 30.6 Å². The second-order valence-electron chi connectivity index (χ2n) is 9.69. The summed E-state index contributed by atoms with van der Waals surface area (Å²) in [4.78, 5) is 55.4. The zero-order valence-electron chi connectivity index (χ0n) is 21.6. The van der Waals surface area contributed by atoms with E-state index in [-0.39, 0.29) is 23.3 Å². The number of anilines is 1. The number of hydrogen-bond donors (Lipinski definition) is 2. The first-order chi connectivity index (χ1) is 17.4. The minimum atomic E-state index is -0.985. The molecule has 1 atom stereocenters. The number of ether oxygens (including phenoxy) is 1. The van der Waals surface area contributed by atoms with E-state index in [1.54, 1.807) is 44.2 Å². The smallest absolute Gasteiger partial charge is 0.411 e. The SMILES string of the molecule is COC(=O)Nc1cnc(-c2ccccc2)n(CC(=O)NC(C(=O)c2nnc(C(C)(C)C)o2)C(C)C)c1=O. The van der Waals surface area contributed by atoms with Crippen molar-refractivity contribution in [3.8, 4) is 11.4 Å². The van der Waals surface area contributed by atoms with Crippen LogP contribution in [-0.2, 0) is 21.5 Å². The molecule has 0 bridgehead atoms. The molecule has 3 rings (SSSR count). The van der Waals surface area contributed by atoms with Crippen molar-refractivity contribution < 1.29 is 23.5 Å². The number of nitrogens with zero attached hydrogens (tertiary/aromatic N) is 4. The molecule has 12 heteroatoms. The lowest BCUT2D eigenvalue weighted by Crippen LogP contribution is -2.46. The van der Waals surface area contributed by atoms with E-state index in [9.17, 15) is 19.2 Å². The van der Waals surface area contributed by atoms with Gasteiger partial charge in [0.1, 0.15) is 18.1 Å². The lowest BCUT2D eigenvalue weighted by molar-refractivity contribution is -0.122. The van der Waals surface area contributed by atoms with Gasteiger partial charge in [0.25, 0.3) is 11.4 Å². The molecule has 12 nitrogen and oxygen atoms in total. The first-order valence-electron chi connectivity index (χ1n) is 11.6. The maximum Gasteiger partial charge on any atom is 0.411 e. The predicted molar refractivity (Wildman–Crippen MR) is 134 cm³/mol. The molecule has 37 heavy (non-hydrogen) atoms. The molecule has 2 heterocycles. The third kappa shape index (κ3) is 6.46. The number of carbonyl (C=O) groups is 3.